The van der Waals surface area contributed by atoms with E-state index in [0.29, 0.717) is 6.04 Å². The van der Waals surface area contributed by atoms with Crippen molar-refractivity contribution < 1.29 is 0 Å². The normalized spacial score (nSPS) is 21.2. The zero-order valence-electron chi connectivity index (χ0n) is 10.3. The van der Waals surface area contributed by atoms with Gasteiger partial charge in [0.15, 0.2) is 0 Å². The van der Waals surface area contributed by atoms with Gasteiger partial charge in [-0.05, 0) is 41.5 Å². The van der Waals surface area contributed by atoms with Crippen LogP contribution in [0.3, 0.4) is 0 Å². The second-order valence-corrected chi connectivity index (χ2v) is 5.53. The van der Waals surface area contributed by atoms with E-state index in [0.717, 1.165) is 4.60 Å². The maximum Gasteiger partial charge on any atom is 0.0847 e. The summed E-state index contributed by atoms with van der Waals surface area (Å²) in [4.78, 5) is 4.95. The van der Waals surface area contributed by atoms with Crippen LogP contribution in [0.25, 0.3) is 0 Å². The van der Waals surface area contributed by atoms with E-state index in [9.17, 15) is 0 Å². The van der Waals surface area contributed by atoms with Crippen LogP contribution in [0, 0.1) is 0 Å². The SMILES string of the molecule is CC(c1cc(Br)n(C)c1)N1CCN(C)CC1. The van der Waals surface area contributed by atoms with Crippen LogP contribution in [-0.2, 0) is 7.05 Å². The highest BCUT2D eigenvalue weighted by molar-refractivity contribution is 9.10. The quantitative estimate of drug-likeness (QED) is 0.825. The molecule has 1 aliphatic rings. The number of rotatable bonds is 2. The Labute approximate surface area is 106 Å². The molecule has 0 saturated carbocycles. The van der Waals surface area contributed by atoms with E-state index in [2.05, 4.69) is 63.6 Å². The van der Waals surface area contributed by atoms with Gasteiger partial charge in [0.05, 0.1) is 4.60 Å². The number of likely N-dealkylation sites (N-methyl/N-ethyl adjacent to an activating group) is 1. The van der Waals surface area contributed by atoms with Crippen molar-refractivity contribution in [3.63, 3.8) is 0 Å². The molecule has 1 aromatic heterocycles. The monoisotopic (exact) mass is 285 g/mol. The molecule has 1 fully saturated rings. The third kappa shape index (κ3) is 2.50. The van der Waals surface area contributed by atoms with E-state index in [1.165, 1.54) is 31.7 Å². The molecule has 2 heterocycles. The molecule has 90 valence electrons. The second kappa shape index (κ2) is 4.90. The Bertz CT molecular complexity index is 334. The molecule has 4 heteroatoms. The highest BCUT2D eigenvalue weighted by Gasteiger charge is 2.21. The summed E-state index contributed by atoms with van der Waals surface area (Å²) in [7, 11) is 4.27. The van der Waals surface area contributed by atoms with Crippen LogP contribution in [0.15, 0.2) is 16.9 Å². The first-order valence-electron chi connectivity index (χ1n) is 5.82. The average Bonchev–Trinajstić information content (AvgIpc) is 2.59. The Morgan fingerprint density at radius 3 is 2.31 bits per heavy atom. The summed E-state index contributed by atoms with van der Waals surface area (Å²) in [6.07, 6.45) is 2.22. The second-order valence-electron chi connectivity index (χ2n) is 4.72. The van der Waals surface area contributed by atoms with Gasteiger partial charge in [-0.3, -0.25) is 4.90 Å². The molecule has 0 spiro atoms. The Morgan fingerprint density at radius 2 is 1.81 bits per heavy atom. The van der Waals surface area contributed by atoms with Crippen molar-refractivity contribution in [2.75, 3.05) is 33.2 Å². The van der Waals surface area contributed by atoms with Crippen LogP contribution in [0.4, 0.5) is 0 Å². The highest BCUT2D eigenvalue weighted by Crippen LogP contribution is 2.25. The standard InChI is InChI=1S/C12H20BrN3/c1-10(11-8-12(13)15(3)9-11)16-6-4-14(2)5-7-16/h8-10H,4-7H2,1-3H3. The Morgan fingerprint density at radius 1 is 1.19 bits per heavy atom. The van der Waals surface area contributed by atoms with E-state index in [1.807, 2.05) is 0 Å². The average molecular weight is 286 g/mol. The molecule has 3 nitrogen and oxygen atoms in total. The van der Waals surface area contributed by atoms with Crippen LogP contribution in [-0.4, -0.2) is 47.6 Å². The molecule has 0 radical (unpaired) electrons. The van der Waals surface area contributed by atoms with Gasteiger partial charge in [0.2, 0.25) is 0 Å². The van der Waals surface area contributed by atoms with Crippen LogP contribution in [0.2, 0.25) is 0 Å². The zero-order chi connectivity index (χ0) is 11.7. The lowest BCUT2D eigenvalue weighted by Gasteiger charge is -2.36. The molecule has 1 aliphatic heterocycles. The van der Waals surface area contributed by atoms with Gasteiger partial charge in [0.25, 0.3) is 0 Å². The zero-order valence-corrected chi connectivity index (χ0v) is 11.9. The lowest BCUT2D eigenvalue weighted by molar-refractivity contribution is 0.119. The summed E-state index contributed by atoms with van der Waals surface area (Å²) in [6, 6.07) is 2.74. The largest absolute Gasteiger partial charge is 0.345 e. The minimum absolute atomic E-state index is 0.520. The van der Waals surface area contributed by atoms with E-state index < -0.39 is 0 Å². The molecule has 1 saturated heterocycles. The van der Waals surface area contributed by atoms with Crippen molar-refractivity contribution in [3.05, 3.63) is 22.4 Å². The third-order valence-electron chi connectivity index (χ3n) is 3.53. The van der Waals surface area contributed by atoms with Crippen molar-refractivity contribution in [2.24, 2.45) is 7.05 Å². The van der Waals surface area contributed by atoms with Gasteiger partial charge in [-0.15, -0.1) is 0 Å². The van der Waals surface area contributed by atoms with Crippen molar-refractivity contribution >= 4 is 15.9 Å². The van der Waals surface area contributed by atoms with Gasteiger partial charge in [-0.25, -0.2) is 0 Å². The van der Waals surface area contributed by atoms with Crippen LogP contribution in [0.1, 0.15) is 18.5 Å². The predicted molar refractivity (Wildman–Crippen MR) is 70.6 cm³/mol. The van der Waals surface area contributed by atoms with Crippen molar-refractivity contribution in [1.29, 1.82) is 0 Å². The van der Waals surface area contributed by atoms with Gasteiger partial charge < -0.3 is 9.47 Å². The molecule has 1 aromatic rings. The Balaban J connectivity index is 2.04. The van der Waals surface area contributed by atoms with Crippen molar-refractivity contribution in [1.82, 2.24) is 14.4 Å². The first-order chi connectivity index (χ1) is 7.58. The van der Waals surface area contributed by atoms with Crippen LogP contribution in [0.5, 0.6) is 0 Å². The van der Waals surface area contributed by atoms with Gasteiger partial charge in [0.1, 0.15) is 0 Å². The highest BCUT2D eigenvalue weighted by atomic mass is 79.9. The maximum atomic E-state index is 3.55. The minimum Gasteiger partial charge on any atom is -0.345 e. The summed E-state index contributed by atoms with van der Waals surface area (Å²) in [5.41, 5.74) is 1.40. The summed E-state index contributed by atoms with van der Waals surface area (Å²) in [5.74, 6) is 0. The molecule has 0 aromatic carbocycles. The number of aryl methyl sites for hydroxylation is 1. The molecule has 16 heavy (non-hydrogen) atoms. The van der Waals surface area contributed by atoms with Crippen molar-refractivity contribution in [2.45, 2.75) is 13.0 Å². The summed E-state index contributed by atoms with van der Waals surface area (Å²) >= 11 is 3.55. The molecule has 1 unspecified atom stereocenters. The van der Waals surface area contributed by atoms with E-state index in [-0.39, 0.29) is 0 Å². The van der Waals surface area contributed by atoms with Crippen LogP contribution < -0.4 is 0 Å². The van der Waals surface area contributed by atoms with E-state index in [1.54, 1.807) is 0 Å². The molecular formula is C12H20BrN3. The molecule has 1 atom stereocenters. The number of nitrogens with zero attached hydrogens (tertiary/aromatic N) is 3. The first-order valence-corrected chi connectivity index (χ1v) is 6.61. The number of hydrogen-bond donors (Lipinski definition) is 0. The topological polar surface area (TPSA) is 11.4 Å². The van der Waals surface area contributed by atoms with E-state index >= 15 is 0 Å². The Hall–Kier alpha value is -0.320. The molecule has 0 amide bonds. The Kier molecular flexibility index (Phi) is 3.72. The fraction of sp³-hybridized carbons (Fsp3) is 0.667. The lowest BCUT2D eigenvalue weighted by Crippen LogP contribution is -2.45. The van der Waals surface area contributed by atoms with E-state index in [4.69, 9.17) is 0 Å². The molecule has 0 N–H and O–H groups in total. The van der Waals surface area contributed by atoms with Gasteiger partial charge in [0, 0.05) is 45.5 Å². The lowest BCUT2D eigenvalue weighted by atomic mass is 10.1. The number of halogens is 1. The summed E-state index contributed by atoms with van der Waals surface area (Å²) in [5, 5.41) is 0. The molecule has 0 aliphatic carbocycles. The summed E-state index contributed by atoms with van der Waals surface area (Å²) in [6.45, 7) is 7.00. The summed E-state index contributed by atoms with van der Waals surface area (Å²) < 4.78 is 3.28. The first kappa shape index (κ1) is 12.1. The van der Waals surface area contributed by atoms with Gasteiger partial charge >= 0.3 is 0 Å². The predicted octanol–water partition coefficient (Wildman–Crippen LogP) is 2.10. The number of hydrogen-bond acceptors (Lipinski definition) is 2. The molecule has 0 bridgehead atoms. The fourth-order valence-electron chi connectivity index (χ4n) is 2.21. The number of piperazine rings is 1. The van der Waals surface area contributed by atoms with Crippen molar-refractivity contribution in [3.8, 4) is 0 Å². The number of aromatic nitrogens is 1. The van der Waals surface area contributed by atoms with Crippen LogP contribution >= 0.6 is 15.9 Å². The smallest absolute Gasteiger partial charge is 0.0847 e. The van der Waals surface area contributed by atoms with Gasteiger partial charge in [-0.1, -0.05) is 0 Å². The fourth-order valence-corrected chi connectivity index (χ4v) is 2.58. The van der Waals surface area contributed by atoms with Gasteiger partial charge in [-0.2, -0.15) is 0 Å². The molecular weight excluding hydrogens is 266 g/mol. The minimum atomic E-state index is 0.520. The maximum absolute atomic E-state index is 3.55. The third-order valence-corrected chi connectivity index (χ3v) is 4.32. The molecule has 2 rings (SSSR count).